The van der Waals surface area contributed by atoms with Gasteiger partial charge < -0.3 is 0 Å². The molecule has 0 atom stereocenters. The minimum absolute atomic E-state index is 0.0885. The summed E-state index contributed by atoms with van der Waals surface area (Å²) in [4.78, 5) is 17.1. The average Bonchev–Trinajstić information content (AvgIpc) is 2.68. The molecule has 0 aliphatic rings. The highest BCUT2D eigenvalue weighted by Gasteiger charge is 2.26. The summed E-state index contributed by atoms with van der Waals surface area (Å²) in [5.74, 6) is 0.892. The van der Waals surface area contributed by atoms with Gasteiger partial charge in [0.15, 0.2) is 0 Å². The highest BCUT2D eigenvalue weighted by molar-refractivity contribution is 6.02. The number of carbonyl (C=O) groups excluding carboxylic acids is 1. The summed E-state index contributed by atoms with van der Waals surface area (Å²) in [6.45, 7) is 16.2. The van der Waals surface area contributed by atoms with Gasteiger partial charge in [-0.05, 0) is 51.7 Å². The van der Waals surface area contributed by atoms with Crippen LogP contribution in [0, 0.1) is 0 Å². The lowest BCUT2D eigenvalue weighted by Crippen LogP contribution is -2.53. The van der Waals surface area contributed by atoms with Gasteiger partial charge in [-0.1, -0.05) is 32.0 Å². The molecule has 0 bridgehead atoms. The molecular formula is C21H37N4O+. The van der Waals surface area contributed by atoms with Gasteiger partial charge in [-0.3, -0.25) is 14.4 Å². The van der Waals surface area contributed by atoms with Crippen LogP contribution in [0.25, 0.3) is 0 Å². The summed E-state index contributed by atoms with van der Waals surface area (Å²) >= 11 is 0. The van der Waals surface area contributed by atoms with E-state index in [4.69, 9.17) is 0 Å². The highest BCUT2D eigenvalue weighted by Crippen LogP contribution is 2.26. The Bertz CT molecular complexity index is 592. The molecule has 1 aromatic rings. The zero-order chi connectivity index (χ0) is 19.7. The minimum atomic E-state index is -0.0885. The molecule has 0 aromatic heterocycles. The van der Waals surface area contributed by atoms with Crippen LogP contribution in [-0.4, -0.2) is 54.7 Å². The quantitative estimate of drug-likeness (QED) is 0.457. The zero-order valence-corrected chi connectivity index (χ0v) is 17.7. The van der Waals surface area contributed by atoms with Gasteiger partial charge in [-0.15, -0.1) is 0 Å². The van der Waals surface area contributed by atoms with Crippen molar-refractivity contribution in [3.8, 4) is 0 Å². The smallest absolute Gasteiger partial charge is 0.284 e. The molecule has 0 saturated carbocycles. The van der Waals surface area contributed by atoms with Crippen molar-refractivity contribution in [1.82, 2.24) is 10.2 Å². The van der Waals surface area contributed by atoms with Crippen LogP contribution >= 0.6 is 0 Å². The summed E-state index contributed by atoms with van der Waals surface area (Å²) in [5, 5.41) is 3.18. The van der Waals surface area contributed by atoms with Crippen LogP contribution in [0.15, 0.2) is 18.2 Å². The number of nitrogens with one attached hydrogen (secondary N) is 1. The molecule has 1 rings (SSSR count). The predicted octanol–water partition coefficient (Wildman–Crippen LogP) is 3.71. The van der Waals surface area contributed by atoms with E-state index in [0.29, 0.717) is 0 Å². The van der Waals surface area contributed by atoms with Crippen molar-refractivity contribution < 1.29 is 9.37 Å². The summed E-state index contributed by atoms with van der Waals surface area (Å²) < 4.78 is 2.20. The molecule has 5 nitrogen and oxygen atoms in total. The molecule has 1 aromatic carbocycles. The van der Waals surface area contributed by atoms with E-state index >= 15 is 0 Å². The van der Waals surface area contributed by atoms with E-state index in [1.165, 1.54) is 11.1 Å². The minimum Gasteiger partial charge on any atom is -0.284 e. The van der Waals surface area contributed by atoms with Crippen molar-refractivity contribution in [2.75, 3.05) is 38.1 Å². The third-order valence-corrected chi connectivity index (χ3v) is 4.95. The van der Waals surface area contributed by atoms with Crippen LogP contribution in [0.3, 0.4) is 0 Å². The lowest BCUT2D eigenvalue weighted by Gasteiger charge is -2.25. The van der Waals surface area contributed by atoms with Crippen molar-refractivity contribution >= 4 is 17.7 Å². The van der Waals surface area contributed by atoms with E-state index in [9.17, 15) is 4.79 Å². The van der Waals surface area contributed by atoms with Gasteiger partial charge in [0, 0.05) is 7.05 Å². The van der Waals surface area contributed by atoms with Gasteiger partial charge in [-0.2, -0.15) is 5.32 Å². The molecule has 0 aliphatic carbocycles. The Labute approximate surface area is 159 Å². The number of benzene rings is 1. The summed E-state index contributed by atoms with van der Waals surface area (Å²) in [6, 6.07) is 6.21. The predicted molar refractivity (Wildman–Crippen MR) is 111 cm³/mol. The number of anilines is 1. The Hall–Kier alpha value is -2.04. The van der Waals surface area contributed by atoms with E-state index in [0.717, 1.165) is 50.7 Å². The fourth-order valence-corrected chi connectivity index (χ4v) is 3.33. The molecule has 1 N–H and O–H groups in total. The van der Waals surface area contributed by atoms with Crippen LogP contribution in [0.2, 0.25) is 0 Å². The Balaban J connectivity index is 3.24. The number of amides is 2. The Morgan fingerprint density at radius 1 is 0.962 bits per heavy atom. The maximum atomic E-state index is 13.1. The van der Waals surface area contributed by atoms with Crippen LogP contribution in [-0.2, 0) is 12.8 Å². The first-order valence-electron chi connectivity index (χ1n) is 10.0. The summed E-state index contributed by atoms with van der Waals surface area (Å²) in [6.07, 6.45) is 1.81. The van der Waals surface area contributed by atoms with Gasteiger partial charge in [0.1, 0.15) is 0 Å². The van der Waals surface area contributed by atoms with E-state index < -0.39 is 0 Å². The monoisotopic (exact) mass is 361 g/mol. The SMILES string of the molecule is CCc1cccc(CC)c1N(C)C(=O)NC(N(CC)CC)=[N+](CC)CC. The second kappa shape index (κ2) is 10.8. The highest BCUT2D eigenvalue weighted by atomic mass is 16.2. The van der Waals surface area contributed by atoms with Crippen molar-refractivity contribution in [3.05, 3.63) is 29.3 Å². The standard InChI is InChI=1S/C21H36N4O/c1-8-17-15-14-16-18(9-2)19(17)23(7)21(26)22-20(24(10-3)11-4)25(12-5)13-6/h14-16H,8-13H2,1-7H3/p+1. The number of carbonyl (C=O) groups is 1. The van der Waals surface area contributed by atoms with E-state index in [-0.39, 0.29) is 6.03 Å². The fourth-order valence-electron chi connectivity index (χ4n) is 3.33. The fraction of sp³-hybridized carbons (Fsp3) is 0.619. The molecular weight excluding hydrogens is 324 g/mol. The third kappa shape index (κ3) is 4.99. The first kappa shape index (κ1) is 22.0. The molecule has 0 spiro atoms. The molecule has 0 radical (unpaired) electrons. The van der Waals surface area contributed by atoms with E-state index in [1.54, 1.807) is 4.90 Å². The first-order chi connectivity index (χ1) is 12.5. The van der Waals surface area contributed by atoms with Gasteiger partial charge in [0.25, 0.3) is 0 Å². The average molecular weight is 362 g/mol. The summed E-state index contributed by atoms with van der Waals surface area (Å²) in [5.41, 5.74) is 3.44. The molecule has 0 unspecified atom stereocenters. The van der Waals surface area contributed by atoms with Gasteiger partial charge in [-0.25, -0.2) is 4.79 Å². The lowest BCUT2D eigenvalue weighted by molar-refractivity contribution is -0.527. The zero-order valence-electron chi connectivity index (χ0n) is 17.7. The molecule has 2 amide bonds. The van der Waals surface area contributed by atoms with Gasteiger partial charge >= 0.3 is 12.0 Å². The molecule has 0 fully saturated rings. The van der Waals surface area contributed by atoms with Crippen LogP contribution in [0.1, 0.15) is 52.7 Å². The number of rotatable bonds is 7. The largest absolute Gasteiger partial charge is 0.386 e. The Morgan fingerprint density at radius 2 is 1.46 bits per heavy atom. The van der Waals surface area contributed by atoms with Gasteiger partial charge in [0.2, 0.25) is 0 Å². The number of hydrogen-bond donors (Lipinski definition) is 1. The molecule has 26 heavy (non-hydrogen) atoms. The van der Waals surface area contributed by atoms with Crippen molar-refractivity contribution in [1.29, 1.82) is 0 Å². The first-order valence-corrected chi connectivity index (χ1v) is 10.0. The maximum absolute atomic E-state index is 13.1. The number of aryl methyl sites for hydroxylation is 2. The van der Waals surface area contributed by atoms with Crippen molar-refractivity contribution in [2.45, 2.75) is 54.4 Å². The van der Waals surface area contributed by atoms with Crippen molar-refractivity contribution in [3.63, 3.8) is 0 Å². The number of nitrogens with zero attached hydrogens (tertiary/aromatic N) is 3. The number of hydrogen-bond acceptors (Lipinski definition) is 1. The normalized spacial score (nSPS) is 10.4. The number of urea groups is 1. The Kier molecular flexibility index (Phi) is 9.17. The molecule has 0 aliphatic heterocycles. The lowest BCUT2D eigenvalue weighted by atomic mass is 10.0. The molecule has 0 saturated heterocycles. The second-order valence-electron chi connectivity index (χ2n) is 6.29. The van der Waals surface area contributed by atoms with Crippen molar-refractivity contribution in [2.24, 2.45) is 0 Å². The Morgan fingerprint density at radius 3 is 1.85 bits per heavy atom. The molecule has 5 heteroatoms. The number of guanidine groups is 1. The maximum Gasteiger partial charge on any atom is 0.386 e. The molecule has 0 heterocycles. The van der Waals surface area contributed by atoms with E-state index in [1.807, 2.05) is 7.05 Å². The van der Waals surface area contributed by atoms with Crippen LogP contribution < -0.4 is 10.2 Å². The number of para-hydroxylation sites is 1. The molecule has 146 valence electrons. The summed E-state index contributed by atoms with van der Waals surface area (Å²) in [7, 11) is 1.87. The van der Waals surface area contributed by atoms with E-state index in [2.05, 4.69) is 74.5 Å². The van der Waals surface area contributed by atoms with Gasteiger partial charge in [0.05, 0.1) is 31.9 Å². The third-order valence-electron chi connectivity index (χ3n) is 4.95. The topological polar surface area (TPSA) is 38.6 Å². The van der Waals surface area contributed by atoms with Crippen LogP contribution in [0.4, 0.5) is 10.5 Å². The van der Waals surface area contributed by atoms with Crippen LogP contribution in [0.5, 0.6) is 0 Å². The second-order valence-corrected chi connectivity index (χ2v) is 6.29.